The van der Waals surface area contributed by atoms with Crippen LogP contribution in [0.3, 0.4) is 0 Å². The van der Waals surface area contributed by atoms with Crippen molar-refractivity contribution in [2.75, 3.05) is 32.4 Å². The SMILES string of the molecule is CCc1cc(CNS(C)(=O)=O)cc(F)c1N(C)c1cc2c(ncn2C)c(C(=O)NCc2ccc(OC)cc2OC)n1. The van der Waals surface area contributed by atoms with Gasteiger partial charge in [0.2, 0.25) is 10.0 Å². The first kappa shape index (κ1) is 29.7. The molecular formula is C28H33FN6O5S. The number of fused-ring (bicyclic) bond motifs is 1. The number of carbonyl (C=O) groups is 1. The lowest BCUT2D eigenvalue weighted by molar-refractivity contribution is 0.0947. The molecule has 0 aliphatic carbocycles. The van der Waals surface area contributed by atoms with Gasteiger partial charge in [-0.1, -0.05) is 13.0 Å². The number of hydrogen-bond donors (Lipinski definition) is 2. The zero-order chi connectivity index (χ0) is 29.9. The number of nitrogens with one attached hydrogen (secondary N) is 2. The van der Waals surface area contributed by atoms with Crippen LogP contribution in [0.25, 0.3) is 11.0 Å². The number of rotatable bonds is 11. The van der Waals surface area contributed by atoms with Crippen LogP contribution in [0.1, 0.15) is 34.1 Å². The third-order valence-corrected chi connectivity index (χ3v) is 7.32. The highest BCUT2D eigenvalue weighted by atomic mass is 32.2. The molecule has 2 N–H and O–H groups in total. The highest BCUT2D eigenvalue weighted by Crippen LogP contribution is 2.33. The second-order valence-electron chi connectivity index (χ2n) is 9.50. The quantitative estimate of drug-likeness (QED) is 0.275. The average Bonchev–Trinajstić information content (AvgIpc) is 3.33. The normalized spacial score (nSPS) is 11.5. The molecule has 0 spiro atoms. The number of pyridine rings is 1. The van der Waals surface area contributed by atoms with E-state index in [1.807, 2.05) is 6.92 Å². The van der Waals surface area contributed by atoms with Crippen molar-refractivity contribution in [2.24, 2.45) is 7.05 Å². The van der Waals surface area contributed by atoms with Gasteiger partial charge < -0.3 is 24.3 Å². The van der Waals surface area contributed by atoms with Crippen molar-refractivity contribution in [1.82, 2.24) is 24.6 Å². The van der Waals surface area contributed by atoms with Gasteiger partial charge in [-0.15, -0.1) is 0 Å². The minimum atomic E-state index is -3.44. The number of aryl methyl sites for hydroxylation is 2. The van der Waals surface area contributed by atoms with Crippen LogP contribution >= 0.6 is 0 Å². The van der Waals surface area contributed by atoms with E-state index in [-0.39, 0.29) is 24.5 Å². The number of ether oxygens (including phenoxy) is 2. The highest BCUT2D eigenvalue weighted by Gasteiger charge is 2.22. The number of benzene rings is 2. The molecule has 0 aliphatic rings. The van der Waals surface area contributed by atoms with Gasteiger partial charge in [-0.25, -0.2) is 27.5 Å². The Morgan fingerprint density at radius 1 is 1.10 bits per heavy atom. The molecule has 11 nitrogen and oxygen atoms in total. The van der Waals surface area contributed by atoms with Crippen molar-refractivity contribution in [2.45, 2.75) is 26.4 Å². The standard InChI is InChI=1S/C28H33FN6O5S/c1-7-18-10-17(14-32-41(6,37)38)11-21(29)27(18)35(3)24-13-22-25(31-16-34(22)2)26(33-24)28(36)30-15-19-8-9-20(39-4)12-23(19)40-5/h8-13,16,32H,7,14-15H2,1-6H3,(H,30,36). The van der Waals surface area contributed by atoms with E-state index >= 15 is 4.39 Å². The number of carbonyl (C=O) groups excluding carboxylic acids is 1. The second-order valence-corrected chi connectivity index (χ2v) is 11.3. The molecule has 2 aromatic heterocycles. The number of aromatic nitrogens is 3. The van der Waals surface area contributed by atoms with E-state index in [2.05, 4.69) is 20.0 Å². The summed E-state index contributed by atoms with van der Waals surface area (Å²) < 4.78 is 53.4. The van der Waals surface area contributed by atoms with E-state index in [0.29, 0.717) is 45.9 Å². The van der Waals surface area contributed by atoms with Gasteiger partial charge in [0.15, 0.2) is 5.69 Å². The van der Waals surface area contributed by atoms with Crippen molar-refractivity contribution in [1.29, 1.82) is 0 Å². The molecule has 0 bridgehead atoms. The van der Waals surface area contributed by atoms with E-state index in [0.717, 1.165) is 11.8 Å². The van der Waals surface area contributed by atoms with Crippen molar-refractivity contribution < 1.29 is 27.1 Å². The molecule has 0 unspecified atom stereocenters. The summed E-state index contributed by atoms with van der Waals surface area (Å²) in [6, 6.07) is 10.1. The topological polar surface area (TPSA) is 128 Å². The Bertz CT molecular complexity index is 1710. The predicted octanol–water partition coefficient (Wildman–Crippen LogP) is 3.43. The monoisotopic (exact) mass is 584 g/mol. The molecule has 41 heavy (non-hydrogen) atoms. The fraction of sp³-hybridized carbons (Fsp3) is 0.321. The molecule has 13 heteroatoms. The highest BCUT2D eigenvalue weighted by molar-refractivity contribution is 7.88. The van der Waals surface area contributed by atoms with Crippen LogP contribution in [0.2, 0.25) is 0 Å². The Labute approximate surface area is 238 Å². The Hall–Kier alpha value is -4.23. The van der Waals surface area contributed by atoms with Crippen LogP contribution in [-0.4, -0.2) is 56.4 Å². The maximum Gasteiger partial charge on any atom is 0.272 e. The third kappa shape index (κ3) is 6.57. The molecule has 2 heterocycles. The van der Waals surface area contributed by atoms with Gasteiger partial charge in [-0.3, -0.25) is 4.79 Å². The van der Waals surface area contributed by atoms with Gasteiger partial charge in [-0.2, -0.15) is 0 Å². The first-order chi connectivity index (χ1) is 19.4. The number of imidazole rings is 1. The molecule has 0 radical (unpaired) electrons. The Kier molecular flexibility index (Phi) is 8.78. The number of halogens is 1. The van der Waals surface area contributed by atoms with Gasteiger partial charge in [0.25, 0.3) is 5.91 Å². The minimum absolute atomic E-state index is 0.0325. The average molecular weight is 585 g/mol. The maximum atomic E-state index is 15.5. The molecule has 0 atom stereocenters. The molecule has 0 fully saturated rings. The Morgan fingerprint density at radius 2 is 1.85 bits per heavy atom. The van der Waals surface area contributed by atoms with E-state index < -0.39 is 21.7 Å². The molecule has 4 rings (SSSR count). The fourth-order valence-corrected chi connectivity index (χ4v) is 4.93. The number of hydrogen-bond acceptors (Lipinski definition) is 8. The summed E-state index contributed by atoms with van der Waals surface area (Å²) in [6.45, 7) is 2.01. The number of sulfonamides is 1. The lowest BCUT2D eigenvalue weighted by atomic mass is 10.0. The minimum Gasteiger partial charge on any atom is -0.497 e. The Morgan fingerprint density at radius 3 is 2.51 bits per heavy atom. The van der Waals surface area contributed by atoms with E-state index in [1.165, 1.54) is 13.2 Å². The zero-order valence-corrected chi connectivity index (χ0v) is 24.6. The molecule has 0 aliphatic heterocycles. The first-order valence-corrected chi connectivity index (χ1v) is 14.7. The van der Waals surface area contributed by atoms with Gasteiger partial charge in [0.05, 0.1) is 38.0 Å². The number of amides is 1. The molecule has 4 aromatic rings. The molecule has 0 saturated heterocycles. The van der Waals surface area contributed by atoms with Crippen LogP contribution in [-0.2, 0) is 36.6 Å². The van der Waals surface area contributed by atoms with Crippen LogP contribution < -0.4 is 24.4 Å². The van der Waals surface area contributed by atoms with Crippen molar-refractivity contribution in [3.8, 4) is 11.5 Å². The van der Waals surface area contributed by atoms with Crippen LogP contribution in [0, 0.1) is 5.82 Å². The third-order valence-electron chi connectivity index (χ3n) is 6.65. The zero-order valence-electron chi connectivity index (χ0n) is 23.8. The molecular weight excluding hydrogens is 551 g/mol. The summed E-state index contributed by atoms with van der Waals surface area (Å²) >= 11 is 0. The molecule has 1 amide bonds. The largest absolute Gasteiger partial charge is 0.497 e. The number of methoxy groups -OCH3 is 2. The molecule has 2 aromatic carbocycles. The van der Waals surface area contributed by atoms with Gasteiger partial charge in [-0.05, 0) is 35.7 Å². The van der Waals surface area contributed by atoms with Crippen molar-refractivity contribution in [3.05, 3.63) is 70.9 Å². The predicted molar refractivity (Wildman–Crippen MR) is 155 cm³/mol. The fourth-order valence-electron chi connectivity index (χ4n) is 4.50. The summed E-state index contributed by atoms with van der Waals surface area (Å²) in [4.78, 5) is 24.0. The lowest BCUT2D eigenvalue weighted by Crippen LogP contribution is -2.26. The van der Waals surface area contributed by atoms with E-state index in [1.54, 1.807) is 67.3 Å². The summed E-state index contributed by atoms with van der Waals surface area (Å²) in [6.07, 6.45) is 3.11. The van der Waals surface area contributed by atoms with Gasteiger partial charge in [0, 0.05) is 44.9 Å². The summed E-state index contributed by atoms with van der Waals surface area (Å²) in [5, 5.41) is 2.88. The first-order valence-electron chi connectivity index (χ1n) is 12.8. The Balaban J connectivity index is 1.69. The van der Waals surface area contributed by atoms with E-state index in [9.17, 15) is 13.2 Å². The summed E-state index contributed by atoms with van der Waals surface area (Å²) in [5.74, 6) is 0.528. The molecule has 0 saturated carbocycles. The maximum absolute atomic E-state index is 15.5. The molecule has 218 valence electrons. The van der Waals surface area contributed by atoms with E-state index in [4.69, 9.17) is 9.47 Å². The summed E-state index contributed by atoms with van der Waals surface area (Å²) in [7, 11) is 3.12. The van der Waals surface area contributed by atoms with Crippen molar-refractivity contribution >= 4 is 38.5 Å². The van der Waals surface area contributed by atoms with Crippen LogP contribution in [0.15, 0.2) is 42.7 Å². The van der Waals surface area contributed by atoms with Crippen LogP contribution in [0.4, 0.5) is 15.9 Å². The summed E-state index contributed by atoms with van der Waals surface area (Å²) in [5.41, 5.74) is 3.30. The van der Waals surface area contributed by atoms with Crippen molar-refractivity contribution in [3.63, 3.8) is 0 Å². The second kappa shape index (κ2) is 12.1. The lowest BCUT2D eigenvalue weighted by Gasteiger charge is -2.23. The smallest absolute Gasteiger partial charge is 0.272 e. The number of anilines is 2. The van der Waals surface area contributed by atoms with Crippen LogP contribution in [0.5, 0.6) is 11.5 Å². The van der Waals surface area contributed by atoms with Gasteiger partial charge in [0.1, 0.15) is 28.7 Å². The number of nitrogens with zero attached hydrogens (tertiary/aromatic N) is 4. The van der Waals surface area contributed by atoms with Gasteiger partial charge >= 0.3 is 0 Å².